The minimum atomic E-state index is -4.40. The van der Waals surface area contributed by atoms with E-state index in [2.05, 4.69) is 10.2 Å². The Morgan fingerprint density at radius 3 is 2.69 bits per heavy atom. The summed E-state index contributed by atoms with van der Waals surface area (Å²) in [5, 5.41) is 6.17. The van der Waals surface area contributed by atoms with E-state index in [4.69, 9.17) is 5.73 Å². The minimum Gasteiger partial charge on any atom is -0.346 e. The van der Waals surface area contributed by atoms with Crippen molar-refractivity contribution in [3.63, 3.8) is 0 Å². The lowest BCUT2D eigenvalue weighted by Crippen LogP contribution is -2.22. The van der Waals surface area contributed by atoms with Gasteiger partial charge in [0, 0.05) is 13.1 Å². The van der Waals surface area contributed by atoms with Crippen LogP contribution in [0.4, 0.5) is 18.3 Å². The molecule has 2 heterocycles. The van der Waals surface area contributed by atoms with Crippen LogP contribution in [-0.2, 0) is 6.18 Å². The summed E-state index contributed by atoms with van der Waals surface area (Å²) < 4.78 is 36.9. The minimum absolute atomic E-state index is 0.336. The van der Waals surface area contributed by atoms with Crippen molar-refractivity contribution in [1.29, 1.82) is 0 Å². The molecule has 1 aliphatic rings. The van der Waals surface area contributed by atoms with E-state index in [9.17, 15) is 13.2 Å². The molecular weight excluding hydrogens is 241 g/mol. The van der Waals surface area contributed by atoms with Gasteiger partial charge in [0.15, 0.2) is 0 Å². The zero-order valence-corrected chi connectivity index (χ0v) is 9.18. The van der Waals surface area contributed by atoms with E-state index in [1.165, 1.54) is 0 Å². The molecule has 1 unspecified atom stereocenters. The summed E-state index contributed by atoms with van der Waals surface area (Å²) in [6.07, 6.45) is -3.50. The molecule has 1 atom stereocenters. The maximum Gasteiger partial charge on any atom is 0.445 e. The number of nitrogens with zero attached hydrogens (tertiary/aromatic N) is 3. The Balaban J connectivity index is 2.08. The first kappa shape index (κ1) is 11.6. The van der Waals surface area contributed by atoms with Crippen molar-refractivity contribution in [2.24, 2.45) is 11.7 Å². The van der Waals surface area contributed by atoms with Crippen LogP contribution in [-0.4, -0.2) is 29.8 Å². The first-order valence-electron chi connectivity index (χ1n) is 4.86. The zero-order valence-electron chi connectivity index (χ0n) is 8.37. The summed E-state index contributed by atoms with van der Waals surface area (Å²) in [5.74, 6) is 0.346. The summed E-state index contributed by atoms with van der Waals surface area (Å²) >= 11 is 0.587. The highest BCUT2D eigenvalue weighted by atomic mass is 32.1. The second-order valence-electron chi connectivity index (χ2n) is 3.72. The van der Waals surface area contributed by atoms with Crippen LogP contribution < -0.4 is 10.6 Å². The van der Waals surface area contributed by atoms with Crippen LogP contribution in [0.5, 0.6) is 0 Å². The molecule has 0 spiro atoms. The predicted octanol–water partition coefficient (Wildman–Crippen LogP) is 1.34. The molecule has 2 N–H and O–H groups in total. The van der Waals surface area contributed by atoms with Gasteiger partial charge in [0.2, 0.25) is 10.1 Å². The number of aromatic nitrogens is 2. The van der Waals surface area contributed by atoms with Crippen LogP contribution in [0, 0.1) is 5.92 Å². The van der Waals surface area contributed by atoms with E-state index in [1.807, 2.05) is 4.90 Å². The first-order chi connectivity index (χ1) is 7.50. The van der Waals surface area contributed by atoms with Crippen molar-refractivity contribution in [3.8, 4) is 0 Å². The Morgan fingerprint density at radius 1 is 1.44 bits per heavy atom. The van der Waals surface area contributed by atoms with Gasteiger partial charge in [0.1, 0.15) is 0 Å². The van der Waals surface area contributed by atoms with Crippen LogP contribution >= 0.6 is 11.3 Å². The summed E-state index contributed by atoms with van der Waals surface area (Å²) in [7, 11) is 0. The fourth-order valence-corrected chi connectivity index (χ4v) is 2.40. The monoisotopic (exact) mass is 252 g/mol. The Hall–Kier alpha value is -0.890. The molecule has 0 aromatic carbocycles. The van der Waals surface area contributed by atoms with Crippen molar-refractivity contribution < 1.29 is 13.2 Å². The third-order valence-electron chi connectivity index (χ3n) is 2.55. The van der Waals surface area contributed by atoms with Gasteiger partial charge in [-0.05, 0) is 18.9 Å². The smallest absolute Gasteiger partial charge is 0.346 e. The summed E-state index contributed by atoms with van der Waals surface area (Å²) in [6.45, 7) is 1.93. The van der Waals surface area contributed by atoms with E-state index in [-0.39, 0.29) is 0 Å². The molecule has 90 valence electrons. The normalized spacial score (nSPS) is 21.8. The van der Waals surface area contributed by atoms with E-state index >= 15 is 0 Å². The Labute approximate surface area is 94.3 Å². The van der Waals surface area contributed by atoms with E-state index < -0.39 is 11.2 Å². The number of halogens is 3. The lowest BCUT2D eigenvalue weighted by Gasteiger charge is -2.13. The molecule has 16 heavy (non-hydrogen) atoms. The third-order valence-corrected chi connectivity index (χ3v) is 3.58. The molecule has 1 aliphatic heterocycles. The van der Waals surface area contributed by atoms with Gasteiger partial charge in [-0.2, -0.15) is 13.2 Å². The molecule has 0 bridgehead atoms. The van der Waals surface area contributed by atoms with E-state index in [0.29, 0.717) is 42.0 Å². The Morgan fingerprint density at radius 2 is 2.19 bits per heavy atom. The molecule has 0 saturated carbocycles. The standard InChI is InChI=1S/C8H11F3N4S/c9-8(10,11)6-13-14-7(16-6)15-2-1-5(3-12)4-15/h5H,1-4,12H2. The van der Waals surface area contributed by atoms with E-state index in [0.717, 1.165) is 6.42 Å². The molecular formula is C8H11F3N4S. The van der Waals surface area contributed by atoms with Gasteiger partial charge >= 0.3 is 6.18 Å². The van der Waals surface area contributed by atoms with Crippen LogP contribution in [0.1, 0.15) is 11.4 Å². The van der Waals surface area contributed by atoms with Gasteiger partial charge in [-0.25, -0.2) is 0 Å². The highest BCUT2D eigenvalue weighted by Gasteiger charge is 2.36. The first-order valence-corrected chi connectivity index (χ1v) is 5.68. The maximum atomic E-state index is 12.3. The number of anilines is 1. The largest absolute Gasteiger partial charge is 0.445 e. The SMILES string of the molecule is NCC1CCN(c2nnc(C(F)(F)F)s2)C1. The molecule has 2 rings (SSSR count). The summed E-state index contributed by atoms with van der Waals surface area (Å²) in [6, 6.07) is 0. The molecule has 0 amide bonds. The summed E-state index contributed by atoms with van der Waals surface area (Å²) in [4.78, 5) is 1.81. The number of alkyl halides is 3. The van der Waals surface area contributed by atoms with Crippen LogP contribution in [0.25, 0.3) is 0 Å². The molecule has 1 aromatic rings. The lowest BCUT2D eigenvalue weighted by atomic mass is 10.1. The zero-order chi connectivity index (χ0) is 11.8. The number of nitrogens with two attached hydrogens (primary N) is 1. The molecule has 0 aliphatic carbocycles. The predicted molar refractivity (Wildman–Crippen MR) is 54.3 cm³/mol. The number of hydrogen-bond donors (Lipinski definition) is 1. The number of hydrogen-bond acceptors (Lipinski definition) is 5. The van der Waals surface area contributed by atoms with E-state index in [1.54, 1.807) is 0 Å². The van der Waals surface area contributed by atoms with Crippen molar-refractivity contribution in [3.05, 3.63) is 5.01 Å². The highest BCUT2D eigenvalue weighted by Crippen LogP contribution is 2.35. The average Bonchev–Trinajstić information content (AvgIpc) is 2.85. The van der Waals surface area contributed by atoms with Gasteiger partial charge in [-0.15, -0.1) is 10.2 Å². The molecule has 1 fully saturated rings. The molecule has 1 aromatic heterocycles. The number of rotatable bonds is 2. The maximum absolute atomic E-state index is 12.3. The highest BCUT2D eigenvalue weighted by molar-refractivity contribution is 7.15. The van der Waals surface area contributed by atoms with Gasteiger partial charge in [-0.1, -0.05) is 11.3 Å². The lowest BCUT2D eigenvalue weighted by molar-refractivity contribution is -0.138. The molecule has 1 saturated heterocycles. The summed E-state index contributed by atoms with van der Waals surface area (Å²) in [5.41, 5.74) is 5.51. The average molecular weight is 252 g/mol. The van der Waals surface area contributed by atoms with Crippen molar-refractivity contribution in [2.45, 2.75) is 12.6 Å². The van der Waals surface area contributed by atoms with Crippen molar-refractivity contribution in [2.75, 3.05) is 24.5 Å². The second-order valence-corrected chi connectivity index (χ2v) is 4.68. The van der Waals surface area contributed by atoms with Crippen LogP contribution in [0.3, 0.4) is 0 Å². The molecule has 8 heteroatoms. The quantitative estimate of drug-likeness (QED) is 0.863. The fourth-order valence-electron chi connectivity index (χ4n) is 1.66. The topological polar surface area (TPSA) is 55.0 Å². The molecule has 0 radical (unpaired) electrons. The third kappa shape index (κ3) is 2.27. The van der Waals surface area contributed by atoms with Crippen LogP contribution in [0.15, 0.2) is 0 Å². The van der Waals surface area contributed by atoms with Crippen molar-refractivity contribution >= 4 is 16.5 Å². The fraction of sp³-hybridized carbons (Fsp3) is 0.750. The van der Waals surface area contributed by atoms with Gasteiger partial charge in [0.25, 0.3) is 0 Å². The van der Waals surface area contributed by atoms with Gasteiger partial charge in [0.05, 0.1) is 0 Å². The Kier molecular flexibility index (Phi) is 3.02. The van der Waals surface area contributed by atoms with Gasteiger partial charge in [-0.3, -0.25) is 0 Å². The van der Waals surface area contributed by atoms with Crippen LogP contribution in [0.2, 0.25) is 0 Å². The van der Waals surface area contributed by atoms with Gasteiger partial charge < -0.3 is 10.6 Å². The Bertz CT molecular complexity index is 364. The molecule has 4 nitrogen and oxygen atoms in total. The second kappa shape index (κ2) is 4.17. The van der Waals surface area contributed by atoms with Crippen molar-refractivity contribution in [1.82, 2.24) is 10.2 Å².